The molecule has 1 aromatic heterocycles. The molecule has 3 rings (SSSR count). The van der Waals surface area contributed by atoms with Crippen LogP contribution in [0.4, 0.5) is 17.2 Å². The topological polar surface area (TPSA) is 76.1 Å². The van der Waals surface area contributed by atoms with Crippen LogP contribution < -0.4 is 15.4 Å². The van der Waals surface area contributed by atoms with E-state index in [-0.39, 0.29) is 5.91 Å². The predicted octanol–water partition coefficient (Wildman–Crippen LogP) is 4.41. The molecule has 0 radical (unpaired) electrons. The highest BCUT2D eigenvalue weighted by atomic mass is 16.5. The number of rotatable bonds is 5. The number of hydrogen-bond donors (Lipinski definition) is 2. The number of anilines is 3. The summed E-state index contributed by atoms with van der Waals surface area (Å²) in [6.45, 7) is 5.70. The molecular weight excluding hydrogens is 340 g/mol. The van der Waals surface area contributed by atoms with E-state index in [1.54, 1.807) is 20.1 Å². The zero-order valence-electron chi connectivity index (χ0n) is 15.8. The summed E-state index contributed by atoms with van der Waals surface area (Å²) < 4.78 is 5.23. The van der Waals surface area contributed by atoms with Gasteiger partial charge in [-0.25, -0.2) is 9.97 Å². The fraction of sp³-hybridized carbons (Fsp3) is 0.190. The van der Waals surface area contributed by atoms with Crippen LogP contribution >= 0.6 is 0 Å². The van der Waals surface area contributed by atoms with Gasteiger partial charge in [0, 0.05) is 23.5 Å². The van der Waals surface area contributed by atoms with E-state index in [0.29, 0.717) is 17.3 Å². The van der Waals surface area contributed by atoms with Gasteiger partial charge in [0.2, 0.25) is 0 Å². The number of aryl methyl sites for hydroxylation is 3. The minimum absolute atomic E-state index is 0.275. The van der Waals surface area contributed by atoms with Crippen LogP contribution in [-0.4, -0.2) is 23.0 Å². The standard InChI is InChI=1S/C21H22N4O2/c1-13-8-9-14(2)18(10-13)25-21(26)19-12-20(23-15(3)22-19)24-16-6-5-7-17(11-16)27-4/h5-12H,1-4H3,(H,25,26)(H,22,23,24). The largest absolute Gasteiger partial charge is 0.497 e. The molecule has 1 heterocycles. The van der Waals surface area contributed by atoms with Crippen LogP contribution in [0, 0.1) is 20.8 Å². The Morgan fingerprint density at radius 3 is 2.59 bits per heavy atom. The number of hydrogen-bond acceptors (Lipinski definition) is 5. The van der Waals surface area contributed by atoms with Crippen LogP contribution in [0.15, 0.2) is 48.5 Å². The van der Waals surface area contributed by atoms with Crippen LogP contribution in [0.2, 0.25) is 0 Å². The fourth-order valence-corrected chi connectivity index (χ4v) is 2.65. The molecule has 0 saturated heterocycles. The molecule has 27 heavy (non-hydrogen) atoms. The van der Waals surface area contributed by atoms with Gasteiger partial charge in [-0.2, -0.15) is 0 Å². The van der Waals surface area contributed by atoms with Gasteiger partial charge in [-0.1, -0.05) is 18.2 Å². The van der Waals surface area contributed by atoms with E-state index in [0.717, 1.165) is 28.3 Å². The van der Waals surface area contributed by atoms with E-state index in [1.165, 1.54) is 0 Å². The van der Waals surface area contributed by atoms with Crippen molar-refractivity contribution in [3.05, 3.63) is 71.2 Å². The van der Waals surface area contributed by atoms with Crippen molar-refractivity contribution in [2.45, 2.75) is 20.8 Å². The highest BCUT2D eigenvalue weighted by Gasteiger charge is 2.12. The monoisotopic (exact) mass is 362 g/mol. The summed E-state index contributed by atoms with van der Waals surface area (Å²) in [5.41, 5.74) is 3.96. The number of benzene rings is 2. The maximum absolute atomic E-state index is 12.7. The molecule has 2 N–H and O–H groups in total. The summed E-state index contributed by atoms with van der Waals surface area (Å²) in [6, 6.07) is 15.1. The van der Waals surface area contributed by atoms with Crippen molar-refractivity contribution in [3.8, 4) is 5.75 Å². The van der Waals surface area contributed by atoms with E-state index in [9.17, 15) is 4.79 Å². The lowest BCUT2D eigenvalue weighted by atomic mass is 10.1. The van der Waals surface area contributed by atoms with E-state index < -0.39 is 0 Å². The molecule has 0 aliphatic carbocycles. The highest BCUT2D eigenvalue weighted by molar-refractivity contribution is 6.03. The molecule has 6 heteroatoms. The molecule has 0 atom stereocenters. The van der Waals surface area contributed by atoms with Crippen molar-refractivity contribution in [1.29, 1.82) is 0 Å². The van der Waals surface area contributed by atoms with E-state index >= 15 is 0 Å². The number of amides is 1. The van der Waals surface area contributed by atoms with E-state index in [4.69, 9.17) is 4.74 Å². The molecule has 2 aromatic carbocycles. The first kappa shape index (κ1) is 18.4. The first-order valence-electron chi connectivity index (χ1n) is 8.60. The molecule has 0 bridgehead atoms. The second-order valence-electron chi connectivity index (χ2n) is 6.32. The number of carbonyl (C=O) groups excluding carboxylic acids is 1. The lowest BCUT2D eigenvalue weighted by Gasteiger charge is -2.11. The molecule has 0 spiro atoms. The maximum atomic E-state index is 12.7. The average molecular weight is 362 g/mol. The van der Waals surface area contributed by atoms with Crippen molar-refractivity contribution in [2.24, 2.45) is 0 Å². The first-order chi connectivity index (χ1) is 12.9. The highest BCUT2D eigenvalue weighted by Crippen LogP contribution is 2.21. The second kappa shape index (κ2) is 7.86. The normalized spacial score (nSPS) is 10.4. The number of nitrogens with one attached hydrogen (secondary N) is 2. The second-order valence-corrected chi connectivity index (χ2v) is 6.32. The third kappa shape index (κ3) is 4.61. The number of methoxy groups -OCH3 is 1. The Balaban J connectivity index is 1.83. The van der Waals surface area contributed by atoms with Gasteiger partial charge in [-0.15, -0.1) is 0 Å². The van der Waals surface area contributed by atoms with Gasteiger partial charge in [-0.3, -0.25) is 4.79 Å². The molecule has 1 amide bonds. The van der Waals surface area contributed by atoms with Crippen LogP contribution in [0.3, 0.4) is 0 Å². The molecule has 0 aliphatic rings. The Morgan fingerprint density at radius 2 is 1.81 bits per heavy atom. The molecule has 3 aromatic rings. The number of carbonyl (C=O) groups is 1. The lowest BCUT2D eigenvalue weighted by Crippen LogP contribution is -2.16. The van der Waals surface area contributed by atoms with Gasteiger partial charge in [-0.05, 0) is 50.1 Å². The molecule has 0 fully saturated rings. The SMILES string of the molecule is COc1cccc(Nc2cc(C(=O)Nc3cc(C)ccc3C)nc(C)n2)c1. The minimum atomic E-state index is -0.275. The van der Waals surface area contributed by atoms with E-state index in [1.807, 2.05) is 56.3 Å². The maximum Gasteiger partial charge on any atom is 0.274 e. The summed E-state index contributed by atoms with van der Waals surface area (Å²) >= 11 is 0. The van der Waals surface area contributed by atoms with Gasteiger partial charge >= 0.3 is 0 Å². The van der Waals surface area contributed by atoms with Gasteiger partial charge in [0.05, 0.1) is 7.11 Å². The minimum Gasteiger partial charge on any atom is -0.497 e. The number of aromatic nitrogens is 2. The zero-order valence-corrected chi connectivity index (χ0v) is 15.8. The van der Waals surface area contributed by atoms with Crippen molar-refractivity contribution in [3.63, 3.8) is 0 Å². The molecule has 138 valence electrons. The van der Waals surface area contributed by atoms with Crippen molar-refractivity contribution in [2.75, 3.05) is 17.7 Å². The fourth-order valence-electron chi connectivity index (χ4n) is 2.65. The van der Waals surface area contributed by atoms with Crippen LogP contribution in [0.25, 0.3) is 0 Å². The van der Waals surface area contributed by atoms with Gasteiger partial charge in [0.25, 0.3) is 5.91 Å². The Kier molecular flexibility index (Phi) is 5.35. The van der Waals surface area contributed by atoms with Crippen molar-refractivity contribution >= 4 is 23.1 Å². The quantitative estimate of drug-likeness (QED) is 0.703. The Labute approximate surface area is 158 Å². The average Bonchev–Trinajstić information content (AvgIpc) is 2.64. The lowest BCUT2D eigenvalue weighted by molar-refractivity contribution is 0.102. The van der Waals surface area contributed by atoms with Crippen LogP contribution in [0.5, 0.6) is 5.75 Å². The van der Waals surface area contributed by atoms with Crippen molar-refractivity contribution < 1.29 is 9.53 Å². The third-order valence-corrected chi connectivity index (χ3v) is 4.05. The molecule has 0 aliphatic heterocycles. The van der Waals surface area contributed by atoms with Crippen molar-refractivity contribution in [1.82, 2.24) is 9.97 Å². The Hall–Kier alpha value is -3.41. The predicted molar refractivity (Wildman–Crippen MR) is 107 cm³/mol. The van der Waals surface area contributed by atoms with Crippen LogP contribution in [0.1, 0.15) is 27.4 Å². The van der Waals surface area contributed by atoms with Gasteiger partial charge in [0.1, 0.15) is 23.1 Å². The summed E-state index contributed by atoms with van der Waals surface area (Å²) in [5, 5.41) is 6.11. The molecule has 0 unspecified atom stereocenters. The summed E-state index contributed by atoms with van der Waals surface area (Å²) in [7, 11) is 1.61. The van der Waals surface area contributed by atoms with Crippen LogP contribution in [-0.2, 0) is 0 Å². The Bertz CT molecular complexity index is 986. The summed E-state index contributed by atoms with van der Waals surface area (Å²) in [6.07, 6.45) is 0. The number of nitrogens with zero attached hydrogens (tertiary/aromatic N) is 2. The molecular formula is C21H22N4O2. The third-order valence-electron chi connectivity index (χ3n) is 4.05. The summed E-state index contributed by atoms with van der Waals surface area (Å²) in [5.74, 6) is 1.51. The van der Waals surface area contributed by atoms with Gasteiger partial charge < -0.3 is 15.4 Å². The van der Waals surface area contributed by atoms with Gasteiger partial charge in [0.15, 0.2) is 0 Å². The Morgan fingerprint density at radius 1 is 1.00 bits per heavy atom. The van der Waals surface area contributed by atoms with E-state index in [2.05, 4.69) is 20.6 Å². The molecule has 0 saturated carbocycles. The first-order valence-corrected chi connectivity index (χ1v) is 8.60. The smallest absolute Gasteiger partial charge is 0.274 e. The summed E-state index contributed by atoms with van der Waals surface area (Å²) in [4.78, 5) is 21.3. The number of ether oxygens (including phenoxy) is 1. The zero-order chi connectivity index (χ0) is 19.4. The molecule has 6 nitrogen and oxygen atoms in total.